The van der Waals surface area contributed by atoms with Gasteiger partial charge < -0.3 is 5.32 Å². The van der Waals surface area contributed by atoms with Crippen LogP contribution in [0.3, 0.4) is 0 Å². The van der Waals surface area contributed by atoms with Crippen molar-refractivity contribution in [2.24, 2.45) is 7.05 Å². The number of hydrogen-bond donors (Lipinski definition) is 1. The van der Waals surface area contributed by atoms with Crippen molar-refractivity contribution in [3.63, 3.8) is 0 Å². The van der Waals surface area contributed by atoms with E-state index in [0.717, 1.165) is 11.4 Å². The molecule has 90 valence electrons. The Balaban J connectivity index is 1.87. The number of carbonyl (C=O) groups is 1. The maximum Gasteiger partial charge on any atom is 0.226 e. The van der Waals surface area contributed by atoms with Crippen molar-refractivity contribution in [2.45, 2.75) is 19.9 Å². The summed E-state index contributed by atoms with van der Waals surface area (Å²) in [5.74, 6) is -0.0309. The Morgan fingerprint density at radius 3 is 2.94 bits per heavy atom. The SMILES string of the molecule is Cc1nn(C)cc1NC(=O)CCn1cccn1. The molecule has 0 unspecified atom stereocenters. The average Bonchev–Trinajstić information content (AvgIpc) is 2.87. The van der Waals surface area contributed by atoms with Gasteiger partial charge in [0, 0.05) is 38.6 Å². The van der Waals surface area contributed by atoms with E-state index < -0.39 is 0 Å². The van der Waals surface area contributed by atoms with Crippen LogP contribution in [0.5, 0.6) is 0 Å². The molecule has 2 aromatic rings. The molecule has 0 aliphatic rings. The number of anilines is 1. The molecule has 0 atom stereocenters. The monoisotopic (exact) mass is 233 g/mol. The van der Waals surface area contributed by atoms with Crippen LogP contribution in [0.2, 0.25) is 0 Å². The minimum Gasteiger partial charge on any atom is -0.323 e. The molecule has 6 heteroatoms. The molecular formula is C11H15N5O. The first kappa shape index (κ1) is 11.4. The predicted molar refractivity (Wildman–Crippen MR) is 63.4 cm³/mol. The molecule has 1 amide bonds. The number of nitrogens with one attached hydrogen (secondary N) is 1. The Bertz CT molecular complexity index is 500. The normalized spacial score (nSPS) is 10.5. The molecular weight excluding hydrogens is 218 g/mol. The van der Waals surface area contributed by atoms with Crippen LogP contribution in [0.1, 0.15) is 12.1 Å². The summed E-state index contributed by atoms with van der Waals surface area (Å²) in [6, 6.07) is 1.84. The molecule has 0 radical (unpaired) electrons. The lowest BCUT2D eigenvalue weighted by atomic mass is 10.3. The molecule has 17 heavy (non-hydrogen) atoms. The first-order chi connectivity index (χ1) is 8.15. The van der Waals surface area contributed by atoms with E-state index in [-0.39, 0.29) is 5.91 Å². The van der Waals surface area contributed by atoms with Crippen molar-refractivity contribution >= 4 is 11.6 Å². The van der Waals surface area contributed by atoms with Gasteiger partial charge in [0.05, 0.1) is 11.4 Å². The summed E-state index contributed by atoms with van der Waals surface area (Å²) in [4.78, 5) is 11.7. The number of hydrogen-bond acceptors (Lipinski definition) is 3. The van der Waals surface area contributed by atoms with E-state index in [0.29, 0.717) is 13.0 Å². The van der Waals surface area contributed by atoms with Gasteiger partial charge in [-0.05, 0) is 13.0 Å². The van der Waals surface area contributed by atoms with Crippen molar-refractivity contribution in [3.8, 4) is 0 Å². The fraction of sp³-hybridized carbons (Fsp3) is 0.364. The molecule has 0 fully saturated rings. The summed E-state index contributed by atoms with van der Waals surface area (Å²) in [7, 11) is 1.83. The smallest absolute Gasteiger partial charge is 0.226 e. The van der Waals surface area contributed by atoms with Crippen LogP contribution < -0.4 is 5.32 Å². The van der Waals surface area contributed by atoms with Gasteiger partial charge in [-0.2, -0.15) is 10.2 Å². The zero-order valence-corrected chi connectivity index (χ0v) is 9.92. The third kappa shape index (κ3) is 2.93. The quantitative estimate of drug-likeness (QED) is 0.855. The van der Waals surface area contributed by atoms with E-state index in [9.17, 15) is 4.79 Å². The van der Waals surface area contributed by atoms with Crippen LogP contribution >= 0.6 is 0 Å². The van der Waals surface area contributed by atoms with Gasteiger partial charge in [0.25, 0.3) is 0 Å². The van der Waals surface area contributed by atoms with Crippen molar-refractivity contribution in [2.75, 3.05) is 5.32 Å². The van der Waals surface area contributed by atoms with Crippen LogP contribution in [-0.2, 0) is 18.4 Å². The molecule has 2 heterocycles. The second-order valence-corrected chi connectivity index (χ2v) is 3.87. The van der Waals surface area contributed by atoms with E-state index in [1.807, 2.05) is 26.2 Å². The summed E-state index contributed by atoms with van der Waals surface area (Å²) < 4.78 is 3.41. The molecule has 0 aliphatic carbocycles. The van der Waals surface area contributed by atoms with Gasteiger partial charge in [-0.3, -0.25) is 14.2 Å². The zero-order chi connectivity index (χ0) is 12.3. The molecule has 0 aliphatic heterocycles. The van der Waals surface area contributed by atoms with E-state index in [1.165, 1.54) is 0 Å². The highest BCUT2D eigenvalue weighted by molar-refractivity contribution is 5.91. The standard InChI is InChI=1S/C11H15N5O/c1-9-10(8-15(2)14-9)13-11(17)4-7-16-6-3-5-12-16/h3,5-6,8H,4,7H2,1-2H3,(H,13,17). The van der Waals surface area contributed by atoms with Crippen LogP contribution in [0, 0.1) is 6.92 Å². The zero-order valence-electron chi connectivity index (χ0n) is 9.92. The Hall–Kier alpha value is -2.11. The Morgan fingerprint density at radius 1 is 1.53 bits per heavy atom. The minimum atomic E-state index is -0.0309. The van der Waals surface area contributed by atoms with Gasteiger partial charge in [0.15, 0.2) is 0 Å². The summed E-state index contributed by atoms with van der Waals surface area (Å²) in [5, 5.41) is 11.0. The van der Waals surface area contributed by atoms with Gasteiger partial charge in [-0.25, -0.2) is 0 Å². The molecule has 0 aromatic carbocycles. The molecule has 6 nitrogen and oxygen atoms in total. The topological polar surface area (TPSA) is 64.7 Å². The molecule has 1 N–H and O–H groups in total. The van der Waals surface area contributed by atoms with Gasteiger partial charge in [0.1, 0.15) is 0 Å². The third-order valence-electron chi connectivity index (χ3n) is 2.41. The molecule has 0 bridgehead atoms. The van der Waals surface area contributed by atoms with E-state index in [4.69, 9.17) is 0 Å². The fourth-order valence-electron chi connectivity index (χ4n) is 1.58. The number of carbonyl (C=O) groups excluding carboxylic acids is 1. The highest BCUT2D eigenvalue weighted by atomic mass is 16.1. The summed E-state index contributed by atoms with van der Waals surface area (Å²) in [6.45, 7) is 2.45. The highest BCUT2D eigenvalue weighted by Gasteiger charge is 2.07. The fourth-order valence-corrected chi connectivity index (χ4v) is 1.58. The summed E-state index contributed by atoms with van der Waals surface area (Å²) in [5.41, 5.74) is 1.58. The van der Waals surface area contributed by atoms with Crippen molar-refractivity contribution in [1.29, 1.82) is 0 Å². The Morgan fingerprint density at radius 2 is 2.35 bits per heavy atom. The molecule has 2 aromatic heterocycles. The van der Waals surface area contributed by atoms with Crippen molar-refractivity contribution in [1.82, 2.24) is 19.6 Å². The van der Waals surface area contributed by atoms with E-state index in [2.05, 4.69) is 15.5 Å². The number of aromatic nitrogens is 4. The summed E-state index contributed by atoms with van der Waals surface area (Å²) >= 11 is 0. The first-order valence-electron chi connectivity index (χ1n) is 5.42. The summed E-state index contributed by atoms with van der Waals surface area (Å²) in [6.07, 6.45) is 5.73. The van der Waals surface area contributed by atoms with Gasteiger partial charge >= 0.3 is 0 Å². The van der Waals surface area contributed by atoms with Crippen LogP contribution in [0.25, 0.3) is 0 Å². The lowest BCUT2D eigenvalue weighted by Crippen LogP contribution is -2.14. The second kappa shape index (κ2) is 4.82. The Labute approximate surface area is 99.2 Å². The molecule has 0 spiro atoms. The van der Waals surface area contributed by atoms with Gasteiger partial charge in [-0.15, -0.1) is 0 Å². The van der Waals surface area contributed by atoms with Crippen molar-refractivity contribution in [3.05, 3.63) is 30.4 Å². The lowest BCUT2D eigenvalue weighted by Gasteiger charge is -2.03. The van der Waals surface area contributed by atoms with E-state index >= 15 is 0 Å². The van der Waals surface area contributed by atoms with Crippen LogP contribution in [0.15, 0.2) is 24.7 Å². The lowest BCUT2D eigenvalue weighted by molar-refractivity contribution is -0.116. The van der Waals surface area contributed by atoms with Crippen LogP contribution in [-0.4, -0.2) is 25.5 Å². The van der Waals surface area contributed by atoms with Gasteiger partial charge in [-0.1, -0.05) is 0 Å². The largest absolute Gasteiger partial charge is 0.323 e. The average molecular weight is 233 g/mol. The number of nitrogens with zero attached hydrogens (tertiary/aromatic N) is 4. The van der Waals surface area contributed by atoms with Gasteiger partial charge in [0.2, 0.25) is 5.91 Å². The van der Waals surface area contributed by atoms with Crippen molar-refractivity contribution < 1.29 is 4.79 Å². The highest BCUT2D eigenvalue weighted by Crippen LogP contribution is 2.11. The Kier molecular flexibility index (Phi) is 3.22. The molecule has 2 rings (SSSR count). The molecule has 0 saturated heterocycles. The predicted octanol–water partition coefficient (Wildman–Crippen LogP) is 0.954. The first-order valence-corrected chi connectivity index (χ1v) is 5.42. The number of rotatable bonds is 4. The van der Waals surface area contributed by atoms with Crippen LogP contribution in [0.4, 0.5) is 5.69 Å². The number of aryl methyl sites for hydroxylation is 3. The maximum atomic E-state index is 11.7. The third-order valence-corrected chi connectivity index (χ3v) is 2.41. The van der Waals surface area contributed by atoms with E-state index in [1.54, 1.807) is 21.8 Å². The second-order valence-electron chi connectivity index (χ2n) is 3.87. The maximum absolute atomic E-state index is 11.7. The number of amides is 1. The molecule has 0 saturated carbocycles. The minimum absolute atomic E-state index is 0.0309.